The fraction of sp³-hybridized carbons (Fsp3) is 0.368. The molecular formula is C19H21ClN6O2. The molecule has 1 fully saturated rings. The Morgan fingerprint density at radius 2 is 2.07 bits per heavy atom. The predicted molar refractivity (Wildman–Crippen MR) is 109 cm³/mol. The van der Waals surface area contributed by atoms with E-state index in [9.17, 15) is 9.59 Å². The molecule has 2 aromatic rings. The zero-order valence-corrected chi connectivity index (χ0v) is 16.2. The van der Waals surface area contributed by atoms with Crippen LogP contribution < -0.4 is 21.3 Å². The number of benzene rings is 1. The van der Waals surface area contributed by atoms with E-state index in [0.717, 1.165) is 31.5 Å². The highest BCUT2D eigenvalue weighted by Gasteiger charge is 2.35. The van der Waals surface area contributed by atoms with Crippen LogP contribution in [0.2, 0.25) is 5.02 Å². The molecule has 8 nitrogen and oxygen atoms in total. The van der Waals surface area contributed by atoms with Gasteiger partial charge >= 0.3 is 0 Å². The summed E-state index contributed by atoms with van der Waals surface area (Å²) in [7, 11) is 0. The van der Waals surface area contributed by atoms with Crippen molar-refractivity contribution in [2.45, 2.75) is 32.1 Å². The lowest BCUT2D eigenvalue weighted by Crippen LogP contribution is -2.33. The Hall–Kier alpha value is -2.87. The number of nitrogens with one attached hydrogen (secondary N) is 2. The number of rotatable bonds is 3. The van der Waals surface area contributed by atoms with Gasteiger partial charge in [0.05, 0.1) is 11.5 Å². The van der Waals surface area contributed by atoms with Gasteiger partial charge < -0.3 is 21.3 Å². The normalized spacial score (nSPS) is 18.6. The van der Waals surface area contributed by atoms with Crippen molar-refractivity contribution in [3.05, 3.63) is 34.3 Å². The molecule has 4 N–H and O–H groups in total. The van der Waals surface area contributed by atoms with Crippen molar-refractivity contribution in [1.29, 1.82) is 0 Å². The number of amides is 2. The Kier molecular flexibility index (Phi) is 4.80. The summed E-state index contributed by atoms with van der Waals surface area (Å²) in [6, 6.07) is 5.25. The maximum atomic E-state index is 13.0. The number of hydrogen-bond donors (Lipinski definition) is 3. The largest absolute Gasteiger partial charge is 0.383 e. The minimum Gasteiger partial charge on any atom is -0.383 e. The topological polar surface area (TPSA) is 113 Å². The van der Waals surface area contributed by atoms with Crippen molar-refractivity contribution in [1.82, 2.24) is 9.97 Å². The van der Waals surface area contributed by atoms with Gasteiger partial charge in [0.1, 0.15) is 11.6 Å². The van der Waals surface area contributed by atoms with Crippen LogP contribution in [0.5, 0.6) is 0 Å². The number of halogens is 1. The molecule has 28 heavy (non-hydrogen) atoms. The third-order valence-electron chi connectivity index (χ3n) is 5.12. The van der Waals surface area contributed by atoms with Crippen LogP contribution in [0.25, 0.3) is 0 Å². The molecule has 0 saturated carbocycles. The summed E-state index contributed by atoms with van der Waals surface area (Å²) in [6.07, 6.45) is 2.11. The highest BCUT2D eigenvalue weighted by molar-refractivity contribution is 6.31. The summed E-state index contributed by atoms with van der Waals surface area (Å²) in [5.41, 5.74) is 8.12. The molecule has 3 heterocycles. The summed E-state index contributed by atoms with van der Waals surface area (Å²) < 4.78 is 0. The van der Waals surface area contributed by atoms with Gasteiger partial charge in [-0.25, -0.2) is 0 Å². The lowest BCUT2D eigenvalue weighted by molar-refractivity contribution is -0.123. The molecule has 146 valence electrons. The van der Waals surface area contributed by atoms with Crippen molar-refractivity contribution in [3.63, 3.8) is 0 Å². The van der Waals surface area contributed by atoms with Crippen LogP contribution in [-0.2, 0) is 9.59 Å². The predicted octanol–water partition coefficient (Wildman–Crippen LogP) is 2.69. The van der Waals surface area contributed by atoms with Gasteiger partial charge in [-0.1, -0.05) is 17.7 Å². The number of fused-ring (bicyclic) bond motifs is 1. The zero-order chi connectivity index (χ0) is 19.8. The summed E-state index contributed by atoms with van der Waals surface area (Å²) in [5, 5.41) is 6.10. The first-order chi connectivity index (χ1) is 13.4. The Bertz CT molecular complexity index is 958. The number of hydrogen-bond acceptors (Lipinski definition) is 6. The van der Waals surface area contributed by atoms with Gasteiger partial charge in [-0.2, -0.15) is 9.97 Å². The SMILES string of the molecule is Cc1ccc(Cl)cc1NC(=O)[C@@H]1CC(=O)Nc2nc(N3CCCC3)nc(N)c21. The van der Waals surface area contributed by atoms with Crippen molar-refractivity contribution < 1.29 is 9.59 Å². The molecule has 1 saturated heterocycles. The number of anilines is 4. The summed E-state index contributed by atoms with van der Waals surface area (Å²) in [5.74, 6) is -0.370. The number of nitrogen functional groups attached to an aromatic ring is 1. The number of nitrogens with two attached hydrogens (primary N) is 1. The number of carbonyl (C=O) groups is 2. The maximum Gasteiger partial charge on any atom is 0.232 e. The molecule has 0 unspecified atom stereocenters. The molecule has 0 radical (unpaired) electrons. The number of aromatic nitrogens is 2. The maximum absolute atomic E-state index is 13.0. The number of carbonyl (C=O) groups excluding carboxylic acids is 2. The monoisotopic (exact) mass is 400 g/mol. The standard InChI is InChI=1S/C19H21ClN6O2/c1-10-4-5-11(20)8-13(10)22-18(28)12-9-14(27)23-17-15(12)16(21)24-19(25-17)26-6-2-3-7-26/h4-5,8,12H,2-3,6-7,9H2,1H3,(H,22,28)(H3,21,23,24,25,27)/t12-/m1/s1. The van der Waals surface area contributed by atoms with Gasteiger partial charge in [-0.05, 0) is 37.5 Å². The second kappa shape index (κ2) is 7.27. The molecule has 1 atom stereocenters. The Labute approximate surface area is 167 Å². The van der Waals surface area contributed by atoms with Crippen molar-refractivity contribution in [2.75, 3.05) is 34.4 Å². The van der Waals surface area contributed by atoms with Crippen LogP contribution in [0.15, 0.2) is 18.2 Å². The minimum atomic E-state index is -0.769. The fourth-order valence-corrected chi connectivity index (χ4v) is 3.79. The lowest BCUT2D eigenvalue weighted by atomic mass is 9.91. The summed E-state index contributed by atoms with van der Waals surface area (Å²) in [6.45, 7) is 3.57. The van der Waals surface area contributed by atoms with E-state index in [1.165, 1.54) is 0 Å². The molecule has 1 aromatic carbocycles. The Morgan fingerprint density at radius 1 is 1.32 bits per heavy atom. The van der Waals surface area contributed by atoms with E-state index in [0.29, 0.717) is 28.0 Å². The molecule has 0 spiro atoms. The first-order valence-corrected chi connectivity index (χ1v) is 9.59. The Balaban J connectivity index is 1.67. The van der Waals surface area contributed by atoms with Gasteiger partial charge in [-0.15, -0.1) is 0 Å². The molecule has 2 aliphatic heterocycles. The Morgan fingerprint density at radius 3 is 2.82 bits per heavy atom. The second-order valence-corrected chi connectivity index (χ2v) is 7.56. The molecule has 0 bridgehead atoms. The highest BCUT2D eigenvalue weighted by Crippen LogP contribution is 2.37. The molecule has 2 aliphatic rings. The van der Waals surface area contributed by atoms with Crippen LogP contribution >= 0.6 is 11.6 Å². The van der Waals surface area contributed by atoms with Crippen LogP contribution in [0.3, 0.4) is 0 Å². The van der Waals surface area contributed by atoms with E-state index < -0.39 is 5.92 Å². The van der Waals surface area contributed by atoms with Gasteiger partial charge in [0.2, 0.25) is 17.8 Å². The van der Waals surface area contributed by atoms with Gasteiger partial charge in [0.15, 0.2) is 0 Å². The van der Waals surface area contributed by atoms with Crippen LogP contribution in [-0.4, -0.2) is 34.9 Å². The van der Waals surface area contributed by atoms with E-state index in [2.05, 4.69) is 20.6 Å². The van der Waals surface area contributed by atoms with Crippen molar-refractivity contribution in [3.8, 4) is 0 Å². The highest BCUT2D eigenvalue weighted by atomic mass is 35.5. The van der Waals surface area contributed by atoms with Crippen LogP contribution in [0.4, 0.5) is 23.3 Å². The van der Waals surface area contributed by atoms with E-state index in [1.807, 2.05) is 17.9 Å². The molecule has 0 aliphatic carbocycles. The average molecular weight is 401 g/mol. The molecule has 4 rings (SSSR count). The van der Waals surface area contributed by atoms with Crippen molar-refractivity contribution in [2.24, 2.45) is 0 Å². The van der Waals surface area contributed by atoms with E-state index in [-0.39, 0.29) is 24.1 Å². The summed E-state index contributed by atoms with van der Waals surface area (Å²) >= 11 is 6.04. The first kappa shape index (κ1) is 18.5. The second-order valence-electron chi connectivity index (χ2n) is 7.12. The molecule has 9 heteroatoms. The molecule has 1 aromatic heterocycles. The minimum absolute atomic E-state index is 0.0188. The van der Waals surface area contributed by atoms with Crippen molar-refractivity contribution >= 4 is 46.7 Å². The number of nitrogens with zero attached hydrogens (tertiary/aromatic N) is 3. The van der Waals surface area contributed by atoms with Gasteiger partial charge in [0.25, 0.3) is 0 Å². The number of aryl methyl sites for hydroxylation is 1. The van der Waals surface area contributed by atoms with Crippen LogP contribution in [0, 0.1) is 6.92 Å². The quantitative estimate of drug-likeness (QED) is 0.730. The third-order valence-corrected chi connectivity index (χ3v) is 5.36. The molecular weight excluding hydrogens is 380 g/mol. The smallest absolute Gasteiger partial charge is 0.232 e. The summed E-state index contributed by atoms with van der Waals surface area (Å²) in [4.78, 5) is 36.1. The van der Waals surface area contributed by atoms with Gasteiger partial charge in [-0.3, -0.25) is 9.59 Å². The van der Waals surface area contributed by atoms with Gasteiger partial charge in [0, 0.05) is 30.2 Å². The van der Waals surface area contributed by atoms with E-state index in [1.54, 1.807) is 12.1 Å². The lowest BCUT2D eigenvalue weighted by Gasteiger charge is -2.27. The van der Waals surface area contributed by atoms with E-state index >= 15 is 0 Å². The fourth-order valence-electron chi connectivity index (χ4n) is 3.61. The molecule has 2 amide bonds. The third kappa shape index (κ3) is 3.47. The first-order valence-electron chi connectivity index (χ1n) is 9.21. The van der Waals surface area contributed by atoms with E-state index in [4.69, 9.17) is 17.3 Å². The van der Waals surface area contributed by atoms with Crippen LogP contribution in [0.1, 0.15) is 36.3 Å². The average Bonchev–Trinajstić information content (AvgIpc) is 3.18. The zero-order valence-electron chi connectivity index (χ0n) is 15.5.